The third kappa shape index (κ3) is 3.16. The Kier molecular flexibility index (Phi) is 4.62. The van der Waals surface area contributed by atoms with Gasteiger partial charge in [0.25, 0.3) is 0 Å². The molecule has 1 N–H and O–H groups in total. The molecular weight excluding hydrogens is 348 g/mol. The topological polar surface area (TPSA) is 33.7 Å². The van der Waals surface area contributed by atoms with Crippen LogP contribution in [0, 0.1) is 0 Å². The molecule has 2 heterocycles. The number of nitrogens with zero attached hydrogens (tertiary/aromatic N) is 1. The van der Waals surface area contributed by atoms with Crippen LogP contribution in [0.15, 0.2) is 36.4 Å². The minimum Gasteiger partial charge on any atom is -0.496 e. The average Bonchev–Trinajstić information content (AvgIpc) is 2.63. The number of nitrogens with one attached hydrogen (secondary N) is 1. The standard InChI is InChI=1S/C24H30N2O2/c1-15-14-24(2,3)25-17-11-10-16-22-18(27-6)8-7-9-19(22)28-20(12-13-26(4)5)23(16)21(15)17/h7-11,14,20,25H,12-13H2,1-6H3. The van der Waals surface area contributed by atoms with Crippen molar-refractivity contribution in [1.29, 1.82) is 0 Å². The van der Waals surface area contributed by atoms with Crippen molar-refractivity contribution in [2.24, 2.45) is 0 Å². The molecule has 0 saturated heterocycles. The molecule has 0 saturated carbocycles. The zero-order valence-electron chi connectivity index (χ0n) is 17.7. The summed E-state index contributed by atoms with van der Waals surface area (Å²) in [5, 5.41) is 3.68. The van der Waals surface area contributed by atoms with Gasteiger partial charge in [-0.3, -0.25) is 0 Å². The molecule has 2 aliphatic rings. The third-order valence-corrected chi connectivity index (χ3v) is 5.58. The number of rotatable bonds is 4. The molecular formula is C24H30N2O2. The van der Waals surface area contributed by atoms with E-state index >= 15 is 0 Å². The quantitative estimate of drug-likeness (QED) is 0.777. The van der Waals surface area contributed by atoms with E-state index < -0.39 is 0 Å². The molecule has 148 valence electrons. The zero-order valence-corrected chi connectivity index (χ0v) is 17.7. The molecule has 4 heteroatoms. The molecule has 0 aromatic heterocycles. The molecule has 1 atom stereocenters. The summed E-state index contributed by atoms with van der Waals surface area (Å²) in [5.41, 5.74) is 7.24. The first-order valence-corrected chi connectivity index (χ1v) is 9.94. The minimum atomic E-state index is -0.0599. The first kappa shape index (κ1) is 18.9. The van der Waals surface area contributed by atoms with Crippen LogP contribution in [0.5, 0.6) is 11.5 Å². The Balaban J connectivity index is 1.95. The lowest BCUT2D eigenvalue weighted by atomic mass is 9.81. The molecule has 28 heavy (non-hydrogen) atoms. The van der Waals surface area contributed by atoms with Gasteiger partial charge in [-0.15, -0.1) is 0 Å². The number of allylic oxidation sites excluding steroid dienone is 1. The maximum Gasteiger partial charge on any atom is 0.131 e. The molecule has 0 amide bonds. The summed E-state index contributed by atoms with van der Waals surface area (Å²) in [6.45, 7) is 7.59. The zero-order chi connectivity index (χ0) is 20.1. The highest BCUT2D eigenvalue weighted by Gasteiger charge is 2.34. The maximum atomic E-state index is 6.56. The fraction of sp³-hybridized carbons (Fsp3) is 0.417. The Morgan fingerprint density at radius 3 is 2.64 bits per heavy atom. The van der Waals surface area contributed by atoms with Gasteiger partial charge in [0.2, 0.25) is 0 Å². The molecule has 2 aromatic rings. The molecule has 0 bridgehead atoms. The van der Waals surface area contributed by atoms with E-state index in [1.165, 1.54) is 28.0 Å². The monoisotopic (exact) mass is 378 g/mol. The summed E-state index contributed by atoms with van der Waals surface area (Å²) in [5.74, 6) is 1.76. The molecule has 0 fully saturated rings. The summed E-state index contributed by atoms with van der Waals surface area (Å²) in [4.78, 5) is 2.21. The second kappa shape index (κ2) is 6.85. The van der Waals surface area contributed by atoms with Gasteiger partial charge in [0.05, 0.1) is 18.2 Å². The van der Waals surface area contributed by atoms with Crippen LogP contribution in [0.3, 0.4) is 0 Å². The average molecular weight is 379 g/mol. The summed E-state index contributed by atoms with van der Waals surface area (Å²) >= 11 is 0. The summed E-state index contributed by atoms with van der Waals surface area (Å²) < 4.78 is 12.2. The number of benzene rings is 2. The Labute approximate surface area is 168 Å². The summed E-state index contributed by atoms with van der Waals surface area (Å²) in [6.07, 6.45) is 3.26. The SMILES string of the molecule is COc1cccc2c1-c1ccc3c(c1C(CCN(C)C)O2)C(C)=CC(C)(C)N3. The first-order chi connectivity index (χ1) is 13.3. The van der Waals surface area contributed by atoms with Crippen molar-refractivity contribution in [1.82, 2.24) is 4.90 Å². The molecule has 0 radical (unpaired) electrons. The summed E-state index contributed by atoms with van der Waals surface area (Å²) in [7, 11) is 5.94. The number of hydrogen-bond acceptors (Lipinski definition) is 4. The van der Waals surface area contributed by atoms with E-state index in [9.17, 15) is 0 Å². The van der Waals surface area contributed by atoms with Gasteiger partial charge in [-0.2, -0.15) is 0 Å². The smallest absolute Gasteiger partial charge is 0.131 e. The van der Waals surface area contributed by atoms with E-state index in [1.54, 1.807) is 7.11 Å². The normalized spacial score (nSPS) is 19.0. The Morgan fingerprint density at radius 1 is 1.14 bits per heavy atom. The van der Waals surface area contributed by atoms with Crippen molar-refractivity contribution in [2.45, 2.75) is 38.8 Å². The highest BCUT2D eigenvalue weighted by molar-refractivity contribution is 5.91. The van der Waals surface area contributed by atoms with Gasteiger partial charge < -0.3 is 19.7 Å². The number of fused-ring (bicyclic) bond motifs is 5. The van der Waals surface area contributed by atoms with E-state index in [-0.39, 0.29) is 11.6 Å². The fourth-order valence-corrected chi connectivity index (χ4v) is 4.53. The van der Waals surface area contributed by atoms with Crippen LogP contribution in [0.25, 0.3) is 16.7 Å². The molecule has 0 aliphatic carbocycles. The van der Waals surface area contributed by atoms with Crippen LogP contribution in [0.4, 0.5) is 5.69 Å². The van der Waals surface area contributed by atoms with Gasteiger partial charge in [-0.25, -0.2) is 0 Å². The number of ether oxygens (including phenoxy) is 2. The largest absolute Gasteiger partial charge is 0.496 e. The van der Waals surface area contributed by atoms with E-state index in [2.05, 4.69) is 63.3 Å². The molecule has 4 nitrogen and oxygen atoms in total. The van der Waals surface area contributed by atoms with E-state index in [4.69, 9.17) is 9.47 Å². The third-order valence-electron chi connectivity index (χ3n) is 5.58. The fourth-order valence-electron chi connectivity index (χ4n) is 4.53. The van der Waals surface area contributed by atoms with Gasteiger partial charge in [-0.1, -0.05) is 18.2 Å². The van der Waals surface area contributed by atoms with Gasteiger partial charge in [0.1, 0.15) is 17.6 Å². The van der Waals surface area contributed by atoms with Crippen molar-refractivity contribution in [3.63, 3.8) is 0 Å². The summed E-state index contributed by atoms with van der Waals surface area (Å²) in [6, 6.07) is 10.5. The second-order valence-corrected chi connectivity index (χ2v) is 8.66. The highest BCUT2D eigenvalue weighted by atomic mass is 16.5. The van der Waals surface area contributed by atoms with Crippen LogP contribution in [-0.4, -0.2) is 38.2 Å². The molecule has 2 aliphatic heterocycles. The number of methoxy groups -OCH3 is 1. The minimum absolute atomic E-state index is 0.0123. The van der Waals surface area contributed by atoms with Gasteiger partial charge in [0.15, 0.2) is 0 Å². The van der Waals surface area contributed by atoms with Crippen molar-refractivity contribution < 1.29 is 9.47 Å². The first-order valence-electron chi connectivity index (χ1n) is 9.94. The predicted octanol–water partition coefficient (Wildman–Crippen LogP) is 5.35. The van der Waals surface area contributed by atoms with Gasteiger partial charge in [0, 0.05) is 29.8 Å². The number of anilines is 1. The lowest BCUT2D eigenvalue weighted by Gasteiger charge is -2.37. The number of hydrogen-bond donors (Lipinski definition) is 1. The molecule has 0 spiro atoms. The van der Waals surface area contributed by atoms with Crippen molar-refractivity contribution in [2.75, 3.05) is 33.1 Å². The predicted molar refractivity (Wildman–Crippen MR) is 116 cm³/mol. The van der Waals surface area contributed by atoms with Crippen LogP contribution >= 0.6 is 0 Å². The van der Waals surface area contributed by atoms with Crippen LogP contribution in [0.1, 0.15) is 44.4 Å². The van der Waals surface area contributed by atoms with E-state index in [1.807, 2.05) is 18.2 Å². The van der Waals surface area contributed by atoms with E-state index in [0.29, 0.717) is 0 Å². The van der Waals surface area contributed by atoms with Gasteiger partial charge >= 0.3 is 0 Å². The Hall–Kier alpha value is -2.46. The van der Waals surface area contributed by atoms with Crippen LogP contribution in [-0.2, 0) is 0 Å². The van der Waals surface area contributed by atoms with Crippen molar-refractivity contribution in [3.05, 3.63) is 47.5 Å². The van der Waals surface area contributed by atoms with Gasteiger partial charge in [-0.05, 0) is 64.2 Å². The lowest BCUT2D eigenvalue weighted by molar-refractivity contribution is 0.175. The van der Waals surface area contributed by atoms with E-state index in [0.717, 1.165) is 30.0 Å². The van der Waals surface area contributed by atoms with Crippen LogP contribution in [0.2, 0.25) is 0 Å². The molecule has 4 rings (SSSR count). The Morgan fingerprint density at radius 2 is 1.93 bits per heavy atom. The highest BCUT2D eigenvalue weighted by Crippen LogP contribution is 2.52. The van der Waals surface area contributed by atoms with Crippen LogP contribution < -0.4 is 14.8 Å². The Bertz CT molecular complexity index is 944. The van der Waals surface area contributed by atoms with Crippen molar-refractivity contribution in [3.8, 4) is 22.6 Å². The lowest BCUT2D eigenvalue weighted by Crippen LogP contribution is -2.32. The maximum absolute atomic E-state index is 6.56. The van der Waals surface area contributed by atoms with Crippen molar-refractivity contribution >= 4 is 11.3 Å². The molecule has 2 aromatic carbocycles. The second-order valence-electron chi connectivity index (χ2n) is 8.66. The molecule has 1 unspecified atom stereocenters.